The standard InChI is InChI=1S/C27H32N2O4/c1-3-32-24-12-6-22(7-13-24)10-16-26(30)28-18-5-19-29(21-20-28)27(31)17-11-23-8-14-25(15-9-23)33-4-2/h6-17H,3-5,18-21H2,1-2H3/b16-10+,17-11+. The lowest BCUT2D eigenvalue weighted by Crippen LogP contribution is -2.36. The van der Waals surface area contributed by atoms with Gasteiger partial charge in [0.2, 0.25) is 11.8 Å². The Morgan fingerprint density at radius 1 is 0.697 bits per heavy atom. The first kappa shape index (κ1) is 24.1. The van der Waals surface area contributed by atoms with Crippen LogP contribution in [0.15, 0.2) is 60.7 Å². The summed E-state index contributed by atoms with van der Waals surface area (Å²) in [6.45, 7) is 7.46. The molecule has 3 rings (SSSR count). The van der Waals surface area contributed by atoms with Crippen LogP contribution in [0.4, 0.5) is 0 Å². The number of hydrogen-bond acceptors (Lipinski definition) is 4. The third kappa shape index (κ3) is 7.52. The lowest BCUT2D eigenvalue weighted by molar-refractivity contribution is -0.128. The van der Waals surface area contributed by atoms with Gasteiger partial charge in [0.15, 0.2) is 0 Å². The zero-order valence-electron chi connectivity index (χ0n) is 19.4. The lowest BCUT2D eigenvalue weighted by Gasteiger charge is -2.20. The average Bonchev–Trinajstić information content (AvgIpc) is 3.10. The van der Waals surface area contributed by atoms with Crippen LogP contribution < -0.4 is 9.47 Å². The van der Waals surface area contributed by atoms with Crippen LogP contribution in [0.25, 0.3) is 12.2 Å². The molecule has 0 spiro atoms. The largest absolute Gasteiger partial charge is 0.494 e. The van der Waals surface area contributed by atoms with E-state index in [-0.39, 0.29) is 11.8 Å². The second-order valence-corrected chi connectivity index (χ2v) is 7.67. The molecule has 2 amide bonds. The highest BCUT2D eigenvalue weighted by molar-refractivity contribution is 5.93. The molecule has 0 saturated carbocycles. The van der Waals surface area contributed by atoms with Gasteiger partial charge in [-0.25, -0.2) is 0 Å². The topological polar surface area (TPSA) is 59.1 Å². The average molecular weight is 449 g/mol. The van der Waals surface area contributed by atoms with E-state index in [4.69, 9.17) is 9.47 Å². The van der Waals surface area contributed by atoms with Crippen molar-refractivity contribution in [2.24, 2.45) is 0 Å². The number of hydrogen-bond donors (Lipinski definition) is 0. The Morgan fingerprint density at radius 2 is 1.09 bits per heavy atom. The van der Waals surface area contributed by atoms with Gasteiger partial charge in [-0.3, -0.25) is 9.59 Å². The lowest BCUT2D eigenvalue weighted by atomic mass is 10.2. The smallest absolute Gasteiger partial charge is 0.246 e. The van der Waals surface area contributed by atoms with Gasteiger partial charge >= 0.3 is 0 Å². The van der Waals surface area contributed by atoms with Crippen LogP contribution in [-0.4, -0.2) is 61.0 Å². The van der Waals surface area contributed by atoms with E-state index in [1.165, 1.54) is 0 Å². The summed E-state index contributed by atoms with van der Waals surface area (Å²) in [5.74, 6) is 1.55. The molecule has 0 aromatic heterocycles. The third-order valence-corrected chi connectivity index (χ3v) is 5.34. The van der Waals surface area contributed by atoms with Gasteiger partial charge in [-0.15, -0.1) is 0 Å². The van der Waals surface area contributed by atoms with Crippen molar-refractivity contribution in [3.63, 3.8) is 0 Å². The SMILES string of the molecule is CCOc1ccc(/C=C/C(=O)N2CCCN(C(=O)/C=C/c3ccc(OCC)cc3)CC2)cc1. The number of carbonyl (C=O) groups is 2. The molecule has 174 valence electrons. The van der Waals surface area contributed by atoms with Crippen LogP contribution in [0.1, 0.15) is 31.4 Å². The summed E-state index contributed by atoms with van der Waals surface area (Å²) in [4.78, 5) is 28.9. The predicted molar refractivity (Wildman–Crippen MR) is 131 cm³/mol. The molecular formula is C27H32N2O4. The van der Waals surface area contributed by atoms with Gasteiger partial charge in [0.05, 0.1) is 13.2 Å². The molecule has 1 fully saturated rings. The molecule has 0 atom stereocenters. The van der Waals surface area contributed by atoms with Crippen molar-refractivity contribution >= 4 is 24.0 Å². The maximum atomic E-state index is 12.6. The summed E-state index contributed by atoms with van der Waals surface area (Å²) in [7, 11) is 0. The molecule has 2 aromatic carbocycles. The zero-order valence-corrected chi connectivity index (χ0v) is 19.4. The predicted octanol–water partition coefficient (Wildman–Crippen LogP) is 4.27. The number of rotatable bonds is 8. The Balaban J connectivity index is 1.50. The molecule has 2 aromatic rings. The van der Waals surface area contributed by atoms with Gasteiger partial charge in [0.25, 0.3) is 0 Å². The van der Waals surface area contributed by atoms with E-state index in [0.717, 1.165) is 29.0 Å². The number of benzene rings is 2. The Kier molecular flexibility index (Phi) is 9.12. The van der Waals surface area contributed by atoms with E-state index in [2.05, 4.69) is 0 Å². The van der Waals surface area contributed by atoms with E-state index < -0.39 is 0 Å². The van der Waals surface area contributed by atoms with Gasteiger partial charge in [-0.1, -0.05) is 24.3 Å². The second kappa shape index (κ2) is 12.5. The van der Waals surface area contributed by atoms with Crippen molar-refractivity contribution in [3.05, 3.63) is 71.8 Å². The van der Waals surface area contributed by atoms with Gasteiger partial charge in [-0.05, 0) is 67.8 Å². The Hall–Kier alpha value is -3.54. The number of carbonyl (C=O) groups excluding carboxylic acids is 2. The molecule has 1 saturated heterocycles. The van der Waals surface area contributed by atoms with Crippen LogP contribution in [0.2, 0.25) is 0 Å². The van der Waals surface area contributed by atoms with Crippen LogP contribution in [-0.2, 0) is 9.59 Å². The third-order valence-electron chi connectivity index (χ3n) is 5.34. The minimum atomic E-state index is -0.0388. The fraction of sp³-hybridized carbons (Fsp3) is 0.333. The summed E-state index contributed by atoms with van der Waals surface area (Å²) < 4.78 is 10.9. The molecule has 0 aliphatic carbocycles. The van der Waals surface area contributed by atoms with E-state index in [9.17, 15) is 9.59 Å². The Labute approximate surface area is 196 Å². The van der Waals surface area contributed by atoms with Crippen LogP contribution in [0.5, 0.6) is 11.5 Å². The molecule has 0 radical (unpaired) electrons. The normalized spacial score (nSPS) is 14.5. The van der Waals surface area contributed by atoms with Crippen molar-refractivity contribution in [3.8, 4) is 11.5 Å². The van der Waals surface area contributed by atoms with E-state index in [1.54, 1.807) is 22.0 Å². The van der Waals surface area contributed by atoms with E-state index >= 15 is 0 Å². The molecule has 6 nitrogen and oxygen atoms in total. The second-order valence-electron chi connectivity index (χ2n) is 7.67. The first-order valence-corrected chi connectivity index (χ1v) is 11.5. The highest BCUT2D eigenvalue weighted by Crippen LogP contribution is 2.15. The summed E-state index contributed by atoms with van der Waals surface area (Å²) in [6.07, 6.45) is 7.57. The highest BCUT2D eigenvalue weighted by atomic mass is 16.5. The van der Waals surface area contributed by atoms with Gasteiger partial charge in [0, 0.05) is 38.3 Å². The minimum Gasteiger partial charge on any atom is -0.494 e. The zero-order chi connectivity index (χ0) is 23.5. The summed E-state index contributed by atoms with van der Waals surface area (Å²) in [5, 5.41) is 0. The summed E-state index contributed by atoms with van der Waals surface area (Å²) >= 11 is 0. The van der Waals surface area contributed by atoms with Crippen molar-refractivity contribution in [2.45, 2.75) is 20.3 Å². The molecule has 1 aliphatic rings. The summed E-state index contributed by atoms with van der Waals surface area (Å²) in [6, 6.07) is 15.3. The molecular weight excluding hydrogens is 416 g/mol. The molecule has 1 heterocycles. The maximum Gasteiger partial charge on any atom is 0.246 e. The highest BCUT2D eigenvalue weighted by Gasteiger charge is 2.19. The van der Waals surface area contributed by atoms with Crippen LogP contribution in [0.3, 0.4) is 0 Å². The Morgan fingerprint density at radius 3 is 1.45 bits per heavy atom. The summed E-state index contributed by atoms with van der Waals surface area (Å²) in [5.41, 5.74) is 1.88. The molecule has 0 unspecified atom stereocenters. The van der Waals surface area contributed by atoms with Gasteiger partial charge < -0.3 is 19.3 Å². The Bertz CT molecular complexity index is 885. The number of nitrogens with zero attached hydrogens (tertiary/aromatic N) is 2. The quantitative estimate of drug-likeness (QED) is 0.566. The van der Waals surface area contributed by atoms with Crippen molar-refractivity contribution in [2.75, 3.05) is 39.4 Å². The molecule has 0 N–H and O–H groups in total. The monoisotopic (exact) mass is 448 g/mol. The molecule has 0 bridgehead atoms. The van der Waals surface area contributed by atoms with Crippen molar-refractivity contribution in [1.29, 1.82) is 0 Å². The van der Waals surface area contributed by atoms with Crippen molar-refractivity contribution in [1.82, 2.24) is 9.80 Å². The van der Waals surface area contributed by atoms with Crippen LogP contribution >= 0.6 is 0 Å². The molecule has 33 heavy (non-hydrogen) atoms. The number of ether oxygens (including phenoxy) is 2. The van der Waals surface area contributed by atoms with Crippen LogP contribution in [0, 0.1) is 0 Å². The fourth-order valence-electron chi connectivity index (χ4n) is 3.59. The van der Waals surface area contributed by atoms with E-state index in [0.29, 0.717) is 39.4 Å². The van der Waals surface area contributed by atoms with E-state index in [1.807, 2.05) is 74.5 Å². The first-order valence-electron chi connectivity index (χ1n) is 11.5. The number of amides is 2. The minimum absolute atomic E-state index is 0.0388. The van der Waals surface area contributed by atoms with Gasteiger partial charge in [-0.2, -0.15) is 0 Å². The molecule has 1 aliphatic heterocycles. The fourth-order valence-corrected chi connectivity index (χ4v) is 3.59. The van der Waals surface area contributed by atoms with Crippen molar-refractivity contribution < 1.29 is 19.1 Å². The first-order chi connectivity index (χ1) is 16.1. The molecule has 6 heteroatoms. The van der Waals surface area contributed by atoms with Gasteiger partial charge in [0.1, 0.15) is 11.5 Å². The maximum absolute atomic E-state index is 12.6.